The highest BCUT2D eigenvalue weighted by Crippen LogP contribution is 2.26. The third-order valence-corrected chi connectivity index (χ3v) is 4.32. The van der Waals surface area contributed by atoms with Gasteiger partial charge in [0.15, 0.2) is 0 Å². The molecule has 0 aromatic heterocycles. The van der Waals surface area contributed by atoms with Gasteiger partial charge < -0.3 is 5.32 Å². The van der Waals surface area contributed by atoms with Crippen LogP contribution < -0.4 is 5.32 Å². The summed E-state index contributed by atoms with van der Waals surface area (Å²) in [5.41, 5.74) is 4.29. The quantitative estimate of drug-likeness (QED) is 0.775. The Morgan fingerprint density at radius 2 is 1.57 bits per heavy atom. The van der Waals surface area contributed by atoms with Gasteiger partial charge in [0.2, 0.25) is 0 Å². The zero-order valence-corrected chi connectivity index (χ0v) is 13.5. The first-order valence-electron chi connectivity index (χ1n) is 8.09. The van der Waals surface area contributed by atoms with Gasteiger partial charge in [-0.15, -0.1) is 0 Å². The average Bonchev–Trinajstić information content (AvgIpc) is 2.51. The Bertz CT molecular complexity index is 533. The van der Waals surface area contributed by atoms with Gasteiger partial charge in [-0.05, 0) is 48.9 Å². The van der Waals surface area contributed by atoms with Gasteiger partial charge in [0, 0.05) is 6.04 Å². The van der Waals surface area contributed by atoms with E-state index in [1.54, 1.807) is 0 Å². The highest BCUT2D eigenvalue weighted by molar-refractivity contribution is 5.28. The molecule has 0 bridgehead atoms. The molecule has 0 spiro atoms. The first-order valence-corrected chi connectivity index (χ1v) is 8.09. The molecule has 0 heterocycles. The van der Waals surface area contributed by atoms with Gasteiger partial charge in [-0.1, -0.05) is 68.4 Å². The van der Waals surface area contributed by atoms with Gasteiger partial charge in [-0.3, -0.25) is 0 Å². The van der Waals surface area contributed by atoms with Crippen LogP contribution in [0.3, 0.4) is 0 Å². The number of hydrogen-bond acceptors (Lipinski definition) is 1. The van der Waals surface area contributed by atoms with Crippen molar-refractivity contribution in [2.75, 3.05) is 6.54 Å². The Morgan fingerprint density at radius 1 is 0.905 bits per heavy atom. The smallest absolute Gasteiger partial charge is 0.0176 e. The number of aryl methyl sites for hydroxylation is 1. The summed E-state index contributed by atoms with van der Waals surface area (Å²) in [4.78, 5) is 0. The molecule has 2 aromatic rings. The van der Waals surface area contributed by atoms with Gasteiger partial charge in [-0.2, -0.15) is 0 Å². The van der Waals surface area contributed by atoms with E-state index in [1.807, 2.05) is 0 Å². The first kappa shape index (κ1) is 15.8. The highest BCUT2D eigenvalue weighted by atomic mass is 14.9. The topological polar surface area (TPSA) is 12.0 Å². The van der Waals surface area contributed by atoms with Crippen molar-refractivity contribution in [3.8, 4) is 0 Å². The fraction of sp³-hybridized carbons (Fsp3) is 0.400. The Morgan fingerprint density at radius 3 is 2.19 bits per heavy atom. The fourth-order valence-corrected chi connectivity index (χ4v) is 3.15. The number of nitrogens with one attached hydrogen (secondary N) is 1. The molecule has 1 nitrogen and oxygen atoms in total. The molecule has 2 unspecified atom stereocenters. The van der Waals surface area contributed by atoms with Gasteiger partial charge in [0.1, 0.15) is 0 Å². The lowest BCUT2D eigenvalue weighted by atomic mass is 9.85. The van der Waals surface area contributed by atoms with E-state index in [0.29, 0.717) is 12.0 Å². The molecular formula is C20H27N. The second-order valence-electron chi connectivity index (χ2n) is 5.72. The second kappa shape index (κ2) is 7.99. The zero-order chi connectivity index (χ0) is 15.1. The van der Waals surface area contributed by atoms with E-state index >= 15 is 0 Å². The second-order valence-corrected chi connectivity index (χ2v) is 5.72. The van der Waals surface area contributed by atoms with Crippen molar-refractivity contribution in [3.05, 3.63) is 71.3 Å². The number of benzene rings is 2. The zero-order valence-electron chi connectivity index (χ0n) is 13.5. The van der Waals surface area contributed by atoms with E-state index in [0.717, 1.165) is 19.4 Å². The molecule has 0 saturated heterocycles. The Balaban J connectivity index is 2.23. The van der Waals surface area contributed by atoms with Crippen LogP contribution in [0.4, 0.5) is 0 Å². The minimum Gasteiger partial charge on any atom is -0.313 e. The van der Waals surface area contributed by atoms with Crippen molar-refractivity contribution in [3.63, 3.8) is 0 Å². The van der Waals surface area contributed by atoms with Crippen LogP contribution >= 0.6 is 0 Å². The summed E-state index contributed by atoms with van der Waals surface area (Å²) < 4.78 is 0. The van der Waals surface area contributed by atoms with Gasteiger partial charge >= 0.3 is 0 Å². The maximum Gasteiger partial charge on any atom is 0.0176 e. The molecule has 0 aliphatic carbocycles. The lowest BCUT2D eigenvalue weighted by Gasteiger charge is -2.28. The van der Waals surface area contributed by atoms with E-state index in [2.05, 4.69) is 80.7 Å². The maximum atomic E-state index is 3.71. The van der Waals surface area contributed by atoms with E-state index in [-0.39, 0.29) is 0 Å². The van der Waals surface area contributed by atoms with Crippen molar-refractivity contribution in [1.82, 2.24) is 5.32 Å². The molecule has 112 valence electrons. The molecule has 0 aliphatic rings. The molecule has 2 rings (SSSR count). The Kier molecular flexibility index (Phi) is 6.01. The molecule has 0 amide bonds. The van der Waals surface area contributed by atoms with Crippen LogP contribution in [-0.4, -0.2) is 12.6 Å². The van der Waals surface area contributed by atoms with Crippen molar-refractivity contribution in [2.24, 2.45) is 0 Å². The van der Waals surface area contributed by atoms with Crippen LogP contribution in [0.2, 0.25) is 0 Å². The Hall–Kier alpha value is -1.60. The van der Waals surface area contributed by atoms with E-state index in [1.165, 1.54) is 16.7 Å². The minimum atomic E-state index is 0.489. The normalized spacial score (nSPS) is 13.9. The Labute approximate surface area is 129 Å². The fourth-order valence-electron chi connectivity index (χ4n) is 3.15. The summed E-state index contributed by atoms with van der Waals surface area (Å²) >= 11 is 0. The summed E-state index contributed by atoms with van der Waals surface area (Å²) in [5, 5.41) is 3.71. The molecule has 0 fully saturated rings. The first-order chi connectivity index (χ1) is 10.3. The van der Waals surface area contributed by atoms with Crippen molar-refractivity contribution in [2.45, 2.75) is 45.6 Å². The molecule has 0 aliphatic heterocycles. The monoisotopic (exact) mass is 281 g/mol. The predicted octanol–water partition coefficient (Wildman–Crippen LogP) is 4.71. The van der Waals surface area contributed by atoms with Crippen molar-refractivity contribution < 1.29 is 0 Å². The summed E-state index contributed by atoms with van der Waals surface area (Å²) in [5.74, 6) is 0.561. The number of hydrogen-bond donors (Lipinski definition) is 1. The van der Waals surface area contributed by atoms with Crippen LogP contribution in [0.25, 0.3) is 0 Å². The largest absolute Gasteiger partial charge is 0.313 e. The van der Waals surface area contributed by atoms with Crippen LogP contribution in [0.1, 0.15) is 42.9 Å². The predicted molar refractivity (Wildman–Crippen MR) is 91.8 cm³/mol. The minimum absolute atomic E-state index is 0.489. The molecular weight excluding hydrogens is 254 g/mol. The van der Waals surface area contributed by atoms with Gasteiger partial charge in [0.25, 0.3) is 0 Å². The standard InChI is InChI=1S/C20H27N/c1-4-19(17-12-7-6-8-13-17)20(21-5-2)15-18-14-10-9-11-16(18)3/h6-14,19-21H,4-5,15H2,1-3H3. The number of rotatable bonds is 7. The molecule has 1 heteroatoms. The van der Waals surface area contributed by atoms with Gasteiger partial charge in [-0.25, -0.2) is 0 Å². The molecule has 0 saturated carbocycles. The summed E-state index contributed by atoms with van der Waals surface area (Å²) in [7, 11) is 0. The van der Waals surface area contributed by atoms with Crippen molar-refractivity contribution in [1.29, 1.82) is 0 Å². The van der Waals surface area contributed by atoms with Crippen LogP contribution in [0.5, 0.6) is 0 Å². The third-order valence-electron chi connectivity index (χ3n) is 4.32. The molecule has 2 atom stereocenters. The molecule has 1 N–H and O–H groups in total. The lowest BCUT2D eigenvalue weighted by Crippen LogP contribution is -2.36. The van der Waals surface area contributed by atoms with Crippen LogP contribution in [-0.2, 0) is 6.42 Å². The number of likely N-dealkylation sites (N-methyl/N-ethyl adjacent to an activating group) is 1. The maximum absolute atomic E-state index is 3.71. The molecule has 2 aromatic carbocycles. The SMILES string of the molecule is CCNC(Cc1ccccc1C)C(CC)c1ccccc1. The van der Waals surface area contributed by atoms with Crippen LogP contribution in [0, 0.1) is 6.92 Å². The third kappa shape index (κ3) is 4.18. The molecule has 0 radical (unpaired) electrons. The van der Waals surface area contributed by atoms with E-state index in [4.69, 9.17) is 0 Å². The van der Waals surface area contributed by atoms with Gasteiger partial charge in [0.05, 0.1) is 0 Å². The summed E-state index contributed by atoms with van der Waals surface area (Å²) in [6, 6.07) is 20.1. The average molecular weight is 281 g/mol. The van der Waals surface area contributed by atoms with Crippen molar-refractivity contribution >= 4 is 0 Å². The van der Waals surface area contributed by atoms with Crippen LogP contribution in [0.15, 0.2) is 54.6 Å². The van der Waals surface area contributed by atoms with E-state index in [9.17, 15) is 0 Å². The lowest BCUT2D eigenvalue weighted by molar-refractivity contribution is 0.427. The van der Waals surface area contributed by atoms with E-state index < -0.39 is 0 Å². The summed E-state index contributed by atoms with van der Waals surface area (Å²) in [6.07, 6.45) is 2.25. The summed E-state index contributed by atoms with van der Waals surface area (Å²) in [6.45, 7) is 7.71. The highest BCUT2D eigenvalue weighted by Gasteiger charge is 2.21. The molecule has 21 heavy (non-hydrogen) atoms.